The molecule has 0 bridgehead atoms. The van der Waals surface area contributed by atoms with E-state index < -0.39 is 84.9 Å². The Labute approximate surface area is 274 Å². The first-order chi connectivity index (χ1) is 23.3. The van der Waals surface area contributed by atoms with Crippen LogP contribution in [0.4, 0.5) is 33.3 Å². The van der Waals surface area contributed by atoms with E-state index in [-0.39, 0.29) is 33.6 Å². The van der Waals surface area contributed by atoms with Crippen molar-refractivity contribution in [2.75, 3.05) is 0 Å². The normalized spacial score (nSPS) is 14.9. The number of benzene rings is 3. The van der Waals surface area contributed by atoms with Crippen LogP contribution in [-0.2, 0) is 0 Å². The first kappa shape index (κ1) is 32.6. The molecule has 2 aliphatic rings. The summed E-state index contributed by atoms with van der Waals surface area (Å²) in [4.78, 5) is 13.1. The molecule has 8 nitrogen and oxygen atoms in total. The first-order valence-electron chi connectivity index (χ1n) is 13.3. The number of alkyl halides is 3. The zero-order valence-corrected chi connectivity index (χ0v) is 24.4. The quantitative estimate of drug-likeness (QED) is 0.156. The molecule has 13 heteroatoms. The second-order valence-corrected chi connectivity index (χ2v) is 10.3. The summed E-state index contributed by atoms with van der Waals surface area (Å²) < 4.78 is 78.5. The molecule has 0 heterocycles. The van der Waals surface area contributed by atoms with Gasteiger partial charge in [-0.15, -0.1) is 0 Å². The van der Waals surface area contributed by atoms with Crippen molar-refractivity contribution in [2.45, 2.75) is 13.1 Å². The summed E-state index contributed by atoms with van der Waals surface area (Å²) in [6.07, 6.45) is -5.48. The van der Waals surface area contributed by atoms with Crippen LogP contribution in [0.15, 0.2) is 47.5 Å². The highest BCUT2D eigenvalue weighted by Crippen LogP contribution is 2.58. The third-order valence-corrected chi connectivity index (χ3v) is 7.73. The smallest absolute Gasteiger partial charge is 0.238 e. The van der Waals surface area contributed by atoms with Crippen molar-refractivity contribution in [2.24, 2.45) is 0 Å². The van der Waals surface area contributed by atoms with Gasteiger partial charge in [0, 0.05) is 39.0 Å². The molecule has 0 fully saturated rings. The van der Waals surface area contributed by atoms with Crippen LogP contribution >= 0.6 is 0 Å². The van der Waals surface area contributed by atoms with E-state index >= 15 is 8.78 Å². The molecule has 0 amide bonds. The summed E-state index contributed by atoms with van der Waals surface area (Å²) in [5.41, 5.74) is -12.1. The van der Waals surface area contributed by atoms with Crippen molar-refractivity contribution in [1.29, 1.82) is 21.0 Å². The third kappa shape index (κ3) is 4.83. The third-order valence-electron chi connectivity index (χ3n) is 7.73. The Bertz CT molecular complexity index is 2530. The number of nitriles is 4. The van der Waals surface area contributed by atoms with Gasteiger partial charge < -0.3 is 0 Å². The number of hydrogen-bond donors (Lipinski definition) is 0. The van der Waals surface area contributed by atoms with Gasteiger partial charge in [0.2, 0.25) is 0 Å². The molecule has 0 spiro atoms. The van der Waals surface area contributed by atoms with Gasteiger partial charge in [-0.25, -0.2) is 28.2 Å². The molecule has 3 aromatic carbocycles. The average molecular weight is 649 g/mol. The highest BCUT2D eigenvalue weighted by Gasteiger charge is 2.50. The van der Waals surface area contributed by atoms with Crippen molar-refractivity contribution in [3.63, 3.8) is 0 Å². The molecule has 2 aliphatic carbocycles. The molecule has 49 heavy (non-hydrogen) atoms. The van der Waals surface area contributed by atoms with E-state index in [1.807, 2.05) is 6.07 Å². The van der Waals surface area contributed by atoms with Gasteiger partial charge in [-0.3, -0.25) is 0 Å². The molecule has 0 saturated carbocycles. The van der Waals surface area contributed by atoms with Gasteiger partial charge in [0.15, 0.2) is 22.8 Å². The van der Waals surface area contributed by atoms with Crippen molar-refractivity contribution in [3.8, 4) is 24.3 Å². The largest absolute Gasteiger partial charge is 0.418 e. The second kappa shape index (κ2) is 11.8. The van der Waals surface area contributed by atoms with E-state index in [4.69, 9.17) is 26.3 Å². The van der Waals surface area contributed by atoms with E-state index in [0.717, 1.165) is 18.2 Å². The Balaban J connectivity index is 2.04. The number of fused-ring (bicyclic) bond motifs is 2. The number of halogens is 5. The molecule has 0 unspecified atom stereocenters. The summed E-state index contributed by atoms with van der Waals surface area (Å²) >= 11 is 0. The molecular formula is C36H9F5N8. The summed E-state index contributed by atoms with van der Waals surface area (Å²) in [5.74, 6) is -3.19. The molecule has 0 atom stereocenters. The van der Waals surface area contributed by atoms with Gasteiger partial charge in [-0.05, 0) is 46.5 Å². The summed E-state index contributed by atoms with van der Waals surface area (Å²) in [5, 5.41) is 39.1. The maximum atomic E-state index is 17.0. The van der Waals surface area contributed by atoms with Gasteiger partial charge in [-0.1, -0.05) is 19.1 Å². The fraction of sp³-hybridized carbons (Fsp3) is 0.0556. The minimum atomic E-state index is -5.48. The van der Waals surface area contributed by atoms with E-state index in [9.17, 15) is 34.2 Å². The fourth-order valence-corrected chi connectivity index (χ4v) is 5.86. The van der Waals surface area contributed by atoms with Crippen LogP contribution in [0.1, 0.15) is 51.4 Å². The van der Waals surface area contributed by atoms with Crippen LogP contribution in [0, 0.1) is 83.2 Å². The minimum Gasteiger partial charge on any atom is -0.238 e. The molecule has 0 aromatic heterocycles. The summed E-state index contributed by atoms with van der Waals surface area (Å²) in [7, 11) is 0. The molecule has 0 aliphatic heterocycles. The van der Waals surface area contributed by atoms with Crippen molar-refractivity contribution in [1.82, 2.24) is 0 Å². The lowest BCUT2D eigenvalue weighted by molar-refractivity contribution is -0.0862. The topological polar surface area (TPSA) is 113 Å². The molecule has 0 saturated heterocycles. The maximum Gasteiger partial charge on any atom is 0.418 e. The van der Waals surface area contributed by atoms with Crippen LogP contribution in [0.2, 0.25) is 0 Å². The SMILES string of the molecule is [C-]#[N+]C1=C(C)/C(=C(\[N+]#[C-])c2cc(C#N)cc([N+]#[C-])c2)c2c(F)c3c(c(F)c21)/C(=C(/C#N)c1cc(C#N)cc([N+]#[C-])c1)C(C(F)(F)F)=C3C#N. The van der Waals surface area contributed by atoms with Crippen LogP contribution < -0.4 is 0 Å². The number of allylic oxidation sites excluding steroid dienone is 6. The highest BCUT2D eigenvalue weighted by atomic mass is 19.4. The van der Waals surface area contributed by atoms with Gasteiger partial charge in [0.1, 0.15) is 23.8 Å². The number of nitrogens with zero attached hydrogens (tertiary/aromatic N) is 8. The Morgan fingerprint density at radius 3 is 1.67 bits per heavy atom. The van der Waals surface area contributed by atoms with E-state index in [1.165, 1.54) is 31.2 Å². The molecule has 5 rings (SSSR count). The van der Waals surface area contributed by atoms with Gasteiger partial charge >= 0.3 is 6.18 Å². The lowest BCUT2D eigenvalue weighted by atomic mass is 9.88. The second-order valence-electron chi connectivity index (χ2n) is 10.3. The molecule has 0 N–H and O–H groups in total. The Morgan fingerprint density at radius 1 is 0.673 bits per heavy atom. The highest BCUT2D eigenvalue weighted by molar-refractivity contribution is 6.18. The Hall–Kier alpha value is -7.81. The van der Waals surface area contributed by atoms with Crippen molar-refractivity contribution in [3.05, 3.63) is 149 Å². The Kier molecular flexibility index (Phi) is 7.88. The predicted octanol–water partition coefficient (Wildman–Crippen LogP) is 9.55. The lowest BCUT2D eigenvalue weighted by Crippen LogP contribution is -2.13. The molecule has 0 radical (unpaired) electrons. The van der Waals surface area contributed by atoms with E-state index in [1.54, 1.807) is 12.1 Å². The standard InChI is InChI=1S/C36H9F5N8/c1-16-25(35(49-5)20-7-18(13-43)9-22(11-20)47-3)28-30(34(16)48-4)33(38)29-26(31(36(39,40)41)24(15-45)27(29)32(28)37)23(14-44)19-6-17(12-42)8-21(10-19)46-2/h6-11H,1H3/b26-23+,35-25+. The van der Waals surface area contributed by atoms with E-state index in [0.29, 0.717) is 0 Å². The molecular weight excluding hydrogens is 639 g/mol. The molecule has 228 valence electrons. The monoisotopic (exact) mass is 648 g/mol. The maximum absolute atomic E-state index is 17.0. The van der Waals surface area contributed by atoms with Crippen molar-refractivity contribution < 1.29 is 22.0 Å². The van der Waals surface area contributed by atoms with Crippen molar-refractivity contribution >= 4 is 45.1 Å². The van der Waals surface area contributed by atoms with Gasteiger partial charge in [0.25, 0.3) is 0 Å². The fourth-order valence-electron chi connectivity index (χ4n) is 5.86. The zero-order chi connectivity index (χ0) is 35.9. The lowest BCUT2D eigenvalue weighted by Gasteiger charge is -2.17. The average Bonchev–Trinajstić information content (AvgIpc) is 3.60. The number of rotatable bonds is 2. The predicted molar refractivity (Wildman–Crippen MR) is 165 cm³/mol. The van der Waals surface area contributed by atoms with Crippen LogP contribution in [0.5, 0.6) is 0 Å². The van der Waals surface area contributed by atoms with Crippen LogP contribution in [-0.4, -0.2) is 6.18 Å². The zero-order valence-electron chi connectivity index (χ0n) is 24.4. The van der Waals surface area contributed by atoms with Crippen LogP contribution in [0.25, 0.3) is 53.1 Å². The van der Waals surface area contributed by atoms with Gasteiger partial charge in [-0.2, -0.15) is 34.2 Å². The Morgan fingerprint density at radius 2 is 1.20 bits per heavy atom. The number of hydrogen-bond acceptors (Lipinski definition) is 4. The molecule has 3 aromatic rings. The first-order valence-corrected chi connectivity index (χ1v) is 13.3. The van der Waals surface area contributed by atoms with Gasteiger partial charge in [0.05, 0.1) is 55.1 Å². The van der Waals surface area contributed by atoms with E-state index in [2.05, 4.69) is 19.4 Å². The summed E-state index contributed by atoms with van der Waals surface area (Å²) in [6, 6.07) is 13.0. The minimum absolute atomic E-state index is 0.0683. The summed E-state index contributed by atoms with van der Waals surface area (Å²) in [6.45, 7) is 31.6. The van der Waals surface area contributed by atoms with Crippen LogP contribution in [0.3, 0.4) is 0 Å².